The summed E-state index contributed by atoms with van der Waals surface area (Å²) in [4.78, 5) is 2.73. The topological polar surface area (TPSA) is 15.3 Å². The zero-order valence-electron chi connectivity index (χ0n) is 12.7. The van der Waals surface area contributed by atoms with Crippen LogP contribution in [0, 0.1) is 11.8 Å². The van der Waals surface area contributed by atoms with Crippen molar-refractivity contribution in [3.05, 3.63) is 35.9 Å². The lowest BCUT2D eigenvalue weighted by Gasteiger charge is -2.40. The van der Waals surface area contributed by atoms with E-state index in [4.69, 9.17) is 0 Å². The molecule has 1 atom stereocenters. The molecule has 3 rings (SSSR count). The standard InChI is InChI=1S/C18H28N2/c1-15-7-9-16(10-8-15)14-20-12-11-19-13-18(20)17-5-3-2-4-6-17/h2-6,15-16,18-19H,7-14H2,1H3. The second-order valence-corrected chi connectivity index (χ2v) is 6.75. The van der Waals surface area contributed by atoms with E-state index >= 15 is 0 Å². The largest absolute Gasteiger partial charge is 0.314 e. The summed E-state index contributed by atoms with van der Waals surface area (Å²) in [7, 11) is 0. The van der Waals surface area contributed by atoms with Gasteiger partial charge < -0.3 is 5.32 Å². The highest BCUT2D eigenvalue weighted by molar-refractivity contribution is 5.20. The van der Waals surface area contributed by atoms with Crippen molar-refractivity contribution in [2.45, 2.75) is 38.6 Å². The Balaban J connectivity index is 1.64. The number of piperazine rings is 1. The zero-order valence-corrected chi connectivity index (χ0v) is 12.7. The quantitative estimate of drug-likeness (QED) is 0.906. The third kappa shape index (κ3) is 3.42. The number of rotatable bonds is 3. The maximum Gasteiger partial charge on any atom is 0.0473 e. The van der Waals surface area contributed by atoms with Gasteiger partial charge in [-0.05, 0) is 30.2 Å². The Kier molecular flexibility index (Phi) is 4.74. The van der Waals surface area contributed by atoms with E-state index in [0.717, 1.165) is 24.9 Å². The fraction of sp³-hybridized carbons (Fsp3) is 0.667. The molecule has 2 nitrogen and oxygen atoms in total. The van der Waals surface area contributed by atoms with Crippen LogP contribution in [0.3, 0.4) is 0 Å². The molecule has 20 heavy (non-hydrogen) atoms. The summed E-state index contributed by atoms with van der Waals surface area (Å²) in [5.74, 6) is 1.88. The second kappa shape index (κ2) is 6.73. The summed E-state index contributed by atoms with van der Waals surface area (Å²) < 4.78 is 0. The minimum atomic E-state index is 0.573. The van der Waals surface area contributed by atoms with Gasteiger partial charge in [-0.1, -0.05) is 50.1 Å². The first kappa shape index (κ1) is 14.1. The molecule has 0 radical (unpaired) electrons. The van der Waals surface area contributed by atoms with Gasteiger partial charge in [0.15, 0.2) is 0 Å². The molecule has 1 aliphatic carbocycles. The van der Waals surface area contributed by atoms with E-state index in [1.807, 2.05) is 0 Å². The van der Waals surface area contributed by atoms with Crippen molar-refractivity contribution in [3.8, 4) is 0 Å². The minimum absolute atomic E-state index is 0.573. The highest BCUT2D eigenvalue weighted by atomic mass is 15.2. The van der Waals surface area contributed by atoms with E-state index in [2.05, 4.69) is 47.5 Å². The lowest BCUT2D eigenvalue weighted by molar-refractivity contribution is 0.117. The highest BCUT2D eigenvalue weighted by Crippen LogP contribution is 2.31. The first-order valence-corrected chi connectivity index (χ1v) is 8.32. The zero-order chi connectivity index (χ0) is 13.8. The van der Waals surface area contributed by atoms with E-state index in [0.29, 0.717) is 6.04 Å². The number of benzene rings is 1. The van der Waals surface area contributed by atoms with Crippen LogP contribution in [0.2, 0.25) is 0 Å². The van der Waals surface area contributed by atoms with Crippen molar-refractivity contribution in [2.75, 3.05) is 26.2 Å². The van der Waals surface area contributed by atoms with Crippen molar-refractivity contribution >= 4 is 0 Å². The van der Waals surface area contributed by atoms with Crippen molar-refractivity contribution in [1.29, 1.82) is 0 Å². The molecule has 1 aromatic carbocycles. The molecule has 1 unspecified atom stereocenters. The smallest absolute Gasteiger partial charge is 0.0473 e. The van der Waals surface area contributed by atoms with Gasteiger partial charge in [0.25, 0.3) is 0 Å². The monoisotopic (exact) mass is 272 g/mol. The molecular weight excluding hydrogens is 244 g/mol. The van der Waals surface area contributed by atoms with Crippen LogP contribution in [-0.2, 0) is 0 Å². The third-order valence-corrected chi connectivity index (χ3v) is 5.17. The van der Waals surface area contributed by atoms with Crippen LogP contribution in [0.1, 0.15) is 44.2 Å². The van der Waals surface area contributed by atoms with Crippen LogP contribution in [0.4, 0.5) is 0 Å². The molecule has 0 amide bonds. The average molecular weight is 272 g/mol. The molecular formula is C18H28N2. The fourth-order valence-corrected chi connectivity index (χ4v) is 3.81. The van der Waals surface area contributed by atoms with Gasteiger partial charge >= 0.3 is 0 Å². The van der Waals surface area contributed by atoms with Gasteiger partial charge in [-0.2, -0.15) is 0 Å². The molecule has 1 aliphatic heterocycles. The lowest BCUT2D eigenvalue weighted by atomic mass is 9.82. The molecule has 1 aromatic rings. The summed E-state index contributed by atoms with van der Waals surface area (Å²) in [5.41, 5.74) is 1.48. The molecule has 1 heterocycles. The van der Waals surface area contributed by atoms with Gasteiger partial charge in [-0.15, -0.1) is 0 Å². The Morgan fingerprint density at radius 1 is 1.10 bits per heavy atom. The summed E-state index contributed by atoms with van der Waals surface area (Å²) >= 11 is 0. The van der Waals surface area contributed by atoms with Crippen molar-refractivity contribution in [2.24, 2.45) is 11.8 Å². The molecule has 0 bridgehead atoms. The van der Waals surface area contributed by atoms with Crippen molar-refractivity contribution in [1.82, 2.24) is 10.2 Å². The van der Waals surface area contributed by atoms with Gasteiger partial charge in [-0.3, -0.25) is 4.90 Å². The summed E-state index contributed by atoms with van der Waals surface area (Å²) in [6.07, 6.45) is 5.75. The highest BCUT2D eigenvalue weighted by Gasteiger charge is 2.27. The lowest BCUT2D eigenvalue weighted by Crippen LogP contribution is -2.47. The number of hydrogen-bond donors (Lipinski definition) is 1. The first-order chi connectivity index (χ1) is 9.83. The number of hydrogen-bond acceptors (Lipinski definition) is 2. The molecule has 110 valence electrons. The van der Waals surface area contributed by atoms with Crippen LogP contribution in [-0.4, -0.2) is 31.1 Å². The van der Waals surface area contributed by atoms with Crippen LogP contribution >= 0.6 is 0 Å². The third-order valence-electron chi connectivity index (χ3n) is 5.17. The molecule has 2 fully saturated rings. The van der Waals surface area contributed by atoms with Crippen molar-refractivity contribution in [3.63, 3.8) is 0 Å². The number of nitrogens with one attached hydrogen (secondary N) is 1. The van der Waals surface area contributed by atoms with Crippen LogP contribution in [0.25, 0.3) is 0 Å². The Morgan fingerprint density at radius 2 is 1.85 bits per heavy atom. The molecule has 0 spiro atoms. The Bertz CT molecular complexity index is 395. The predicted molar refractivity (Wildman–Crippen MR) is 84.7 cm³/mol. The van der Waals surface area contributed by atoms with Gasteiger partial charge in [0.05, 0.1) is 0 Å². The maximum absolute atomic E-state index is 3.57. The van der Waals surface area contributed by atoms with Gasteiger partial charge in [0.1, 0.15) is 0 Å². The molecule has 1 saturated carbocycles. The summed E-state index contributed by atoms with van der Waals surface area (Å²) in [6, 6.07) is 11.6. The van der Waals surface area contributed by atoms with Crippen LogP contribution in [0.15, 0.2) is 30.3 Å². The van der Waals surface area contributed by atoms with E-state index < -0.39 is 0 Å². The fourth-order valence-electron chi connectivity index (χ4n) is 3.81. The minimum Gasteiger partial charge on any atom is -0.314 e. The summed E-state index contributed by atoms with van der Waals surface area (Å²) in [5, 5.41) is 3.57. The van der Waals surface area contributed by atoms with E-state index in [1.165, 1.54) is 44.3 Å². The molecule has 1 N–H and O–H groups in total. The second-order valence-electron chi connectivity index (χ2n) is 6.75. The average Bonchev–Trinajstić information content (AvgIpc) is 2.51. The normalized spacial score (nSPS) is 32.1. The van der Waals surface area contributed by atoms with Gasteiger partial charge in [0, 0.05) is 32.2 Å². The van der Waals surface area contributed by atoms with Crippen molar-refractivity contribution < 1.29 is 0 Å². The molecule has 1 saturated heterocycles. The van der Waals surface area contributed by atoms with Crippen LogP contribution < -0.4 is 5.32 Å². The Labute approximate surface area is 123 Å². The summed E-state index contributed by atoms with van der Waals surface area (Å²) in [6.45, 7) is 7.16. The van der Waals surface area contributed by atoms with E-state index in [1.54, 1.807) is 0 Å². The SMILES string of the molecule is CC1CCC(CN2CCNCC2c2ccccc2)CC1. The van der Waals surface area contributed by atoms with E-state index in [-0.39, 0.29) is 0 Å². The molecule has 2 aliphatic rings. The van der Waals surface area contributed by atoms with Gasteiger partial charge in [-0.25, -0.2) is 0 Å². The molecule has 0 aromatic heterocycles. The maximum atomic E-state index is 3.57. The Hall–Kier alpha value is -0.860. The van der Waals surface area contributed by atoms with Crippen LogP contribution in [0.5, 0.6) is 0 Å². The van der Waals surface area contributed by atoms with Gasteiger partial charge in [0.2, 0.25) is 0 Å². The molecule has 2 heteroatoms. The Morgan fingerprint density at radius 3 is 2.60 bits per heavy atom. The predicted octanol–water partition coefficient (Wildman–Crippen LogP) is 3.46. The number of nitrogens with zero attached hydrogens (tertiary/aromatic N) is 1. The first-order valence-electron chi connectivity index (χ1n) is 8.32. The van der Waals surface area contributed by atoms with E-state index in [9.17, 15) is 0 Å².